The van der Waals surface area contributed by atoms with Crippen molar-refractivity contribution in [2.24, 2.45) is 0 Å². The number of aryl methyl sites for hydroxylation is 3. The number of aromatic nitrogens is 2. The van der Waals surface area contributed by atoms with Crippen LogP contribution in [0.15, 0.2) is 0 Å². The summed E-state index contributed by atoms with van der Waals surface area (Å²) in [5, 5.41) is 0. The Morgan fingerprint density at radius 1 is 1.38 bits per heavy atom. The van der Waals surface area contributed by atoms with Crippen LogP contribution < -0.4 is 0 Å². The topological polar surface area (TPSA) is 26.5 Å². The maximum absolute atomic E-state index is 5.28. The van der Waals surface area contributed by atoms with E-state index >= 15 is 0 Å². The fourth-order valence-corrected chi connectivity index (χ4v) is 3.78. The number of hydrogen-bond donors (Lipinski definition) is 0. The Balaban J connectivity index is 2.23. The number of rotatable bonds is 2. The van der Waals surface area contributed by atoms with E-state index in [0.29, 0.717) is 6.61 Å². The Morgan fingerprint density at radius 3 is 3.00 bits per heavy atom. The molecule has 0 radical (unpaired) electrons. The molecule has 3 rings (SSSR count). The summed E-state index contributed by atoms with van der Waals surface area (Å²) in [7, 11) is 1.75. The van der Waals surface area contributed by atoms with Gasteiger partial charge in [0, 0.05) is 17.7 Å². The Labute approximate surface area is 99.1 Å². The van der Waals surface area contributed by atoms with Crippen molar-refractivity contribution in [1.29, 1.82) is 0 Å². The van der Waals surface area contributed by atoms with E-state index in [2.05, 4.69) is 16.3 Å². The van der Waals surface area contributed by atoms with Gasteiger partial charge >= 0.3 is 0 Å². The highest BCUT2D eigenvalue weighted by atomic mass is 32.1. The van der Waals surface area contributed by atoms with Crippen LogP contribution in [-0.4, -0.2) is 16.5 Å². The van der Waals surface area contributed by atoms with Crippen LogP contribution in [0.4, 0.5) is 0 Å². The highest BCUT2D eigenvalue weighted by Gasteiger charge is 2.20. The summed E-state index contributed by atoms with van der Waals surface area (Å²) in [6, 6.07) is 0. The van der Waals surface area contributed by atoms with Gasteiger partial charge in [0.15, 0.2) is 4.96 Å². The average molecular weight is 236 g/mol. The average Bonchev–Trinajstić information content (AvgIpc) is 2.76. The maximum atomic E-state index is 5.28. The van der Waals surface area contributed by atoms with Crippen LogP contribution in [0.25, 0.3) is 4.96 Å². The van der Waals surface area contributed by atoms with Crippen molar-refractivity contribution >= 4 is 16.3 Å². The van der Waals surface area contributed by atoms with Crippen molar-refractivity contribution in [1.82, 2.24) is 9.38 Å². The quantitative estimate of drug-likeness (QED) is 0.801. The van der Waals surface area contributed by atoms with Gasteiger partial charge in [-0.2, -0.15) is 0 Å². The van der Waals surface area contributed by atoms with E-state index in [4.69, 9.17) is 4.74 Å². The lowest BCUT2D eigenvalue weighted by Gasteiger charge is -2.11. The Kier molecular flexibility index (Phi) is 2.48. The van der Waals surface area contributed by atoms with E-state index in [1.165, 1.54) is 41.9 Å². The molecule has 0 saturated carbocycles. The predicted molar refractivity (Wildman–Crippen MR) is 65.2 cm³/mol. The molecule has 0 bridgehead atoms. The van der Waals surface area contributed by atoms with E-state index < -0.39 is 0 Å². The molecule has 2 aromatic heterocycles. The lowest BCUT2D eigenvalue weighted by molar-refractivity contribution is 0.180. The highest BCUT2D eigenvalue weighted by molar-refractivity contribution is 7.17. The van der Waals surface area contributed by atoms with Gasteiger partial charge in [-0.05, 0) is 32.6 Å². The number of hydrogen-bond acceptors (Lipinski definition) is 3. The smallest absolute Gasteiger partial charge is 0.194 e. The van der Waals surface area contributed by atoms with Crippen molar-refractivity contribution in [3.8, 4) is 0 Å². The van der Waals surface area contributed by atoms with Crippen LogP contribution in [-0.2, 0) is 24.2 Å². The number of methoxy groups -OCH3 is 1. The Morgan fingerprint density at radius 2 is 2.19 bits per heavy atom. The SMILES string of the molecule is COCc1c(C)nc2sc3c(n12)CCCC3. The molecule has 3 nitrogen and oxygen atoms in total. The molecule has 0 N–H and O–H groups in total. The minimum Gasteiger partial charge on any atom is -0.378 e. The molecule has 0 unspecified atom stereocenters. The molecule has 0 saturated heterocycles. The molecule has 4 heteroatoms. The van der Waals surface area contributed by atoms with E-state index in [0.717, 1.165) is 10.7 Å². The first kappa shape index (κ1) is 10.3. The molecule has 0 spiro atoms. The Hall–Kier alpha value is -0.870. The molecule has 0 amide bonds. The molecule has 86 valence electrons. The molecular weight excluding hydrogens is 220 g/mol. The van der Waals surface area contributed by atoms with Gasteiger partial charge in [0.1, 0.15) is 0 Å². The second-order valence-electron chi connectivity index (χ2n) is 4.37. The van der Waals surface area contributed by atoms with Crippen molar-refractivity contribution in [3.63, 3.8) is 0 Å². The first-order valence-corrected chi connectivity index (χ1v) is 6.60. The summed E-state index contributed by atoms with van der Waals surface area (Å²) in [5.74, 6) is 0. The molecule has 0 aromatic carbocycles. The number of nitrogens with zero attached hydrogens (tertiary/aromatic N) is 2. The monoisotopic (exact) mass is 236 g/mol. The third-order valence-corrected chi connectivity index (χ3v) is 4.44. The summed E-state index contributed by atoms with van der Waals surface area (Å²) in [5.41, 5.74) is 3.83. The lowest BCUT2D eigenvalue weighted by atomic mass is 10.0. The first-order valence-electron chi connectivity index (χ1n) is 5.78. The first-order chi connectivity index (χ1) is 7.81. The normalized spacial score (nSPS) is 15.6. The van der Waals surface area contributed by atoms with E-state index in [1.807, 2.05) is 11.3 Å². The van der Waals surface area contributed by atoms with Crippen LogP contribution >= 0.6 is 11.3 Å². The second-order valence-corrected chi connectivity index (χ2v) is 5.44. The van der Waals surface area contributed by atoms with Crippen LogP contribution in [0.5, 0.6) is 0 Å². The summed E-state index contributed by atoms with van der Waals surface area (Å²) in [4.78, 5) is 7.32. The minimum absolute atomic E-state index is 0.663. The van der Waals surface area contributed by atoms with Crippen LogP contribution in [0.1, 0.15) is 34.8 Å². The zero-order chi connectivity index (χ0) is 11.1. The van der Waals surface area contributed by atoms with Gasteiger partial charge in [0.25, 0.3) is 0 Å². The van der Waals surface area contributed by atoms with Gasteiger partial charge in [-0.25, -0.2) is 4.98 Å². The minimum atomic E-state index is 0.663. The Bertz CT molecular complexity index is 527. The van der Waals surface area contributed by atoms with Crippen LogP contribution in [0.2, 0.25) is 0 Å². The fraction of sp³-hybridized carbons (Fsp3) is 0.583. The van der Waals surface area contributed by atoms with Gasteiger partial charge in [0.2, 0.25) is 0 Å². The van der Waals surface area contributed by atoms with Gasteiger partial charge in [0.05, 0.1) is 18.0 Å². The highest BCUT2D eigenvalue weighted by Crippen LogP contribution is 2.31. The van der Waals surface area contributed by atoms with E-state index in [-0.39, 0.29) is 0 Å². The largest absolute Gasteiger partial charge is 0.378 e. The van der Waals surface area contributed by atoms with Gasteiger partial charge < -0.3 is 4.74 Å². The molecule has 0 fully saturated rings. The third-order valence-electron chi connectivity index (χ3n) is 3.30. The second kappa shape index (κ2) is 3.86. The summed E-state index contributed by atoms with van der Waals surface area (Å²) in [6.07, 6.45) is 5.06. The number of imidazole rings is 1. The standard InChI is InChI=1S/C12H16N2OS/c1-8-10(7-15-2)14-9-5-3-4-6-11(9)16-12(14)13-8/h3-7H2,1-2H3. The fourth-order valence-electron chi connectivity index (χ4n) is 2.51. The van der Waals surface area contributed by atoms with Gasteiger partial charge in [-0.1, -0.05) is 0 Å². The third kappa shape index (κ3) is 1.40. The summed E-state index contributed by atoms with van der Waals surface area (Å²) >= 11 is 1.86. The van der Waals surface area contributed by atoms with Gasteiger partial charge in [-0.15, -0.1) is 11.3 Å². The van der Waals surface area contributed by atoms with E-state index in [9.17, 15) is 0 Å². The maximum Gasteiger partial charge on any atom is 0.194 e. The summed E-state index contributed by atoms with van der Waals surface area (Å²) < 4.78 is 7.61. The molecular formula is C12H16N2OS. The van der Waals surface area contributed by atoms with Crippen LogP contribution in [0.3, 0.4) is 0 Å². The molecule has 0 atom stereocenters. The molecule has 1 aliphatic rings. The van der Waals surface area contributed by atoms with Crippen molar-refractivity contribution in [2.75, 3.05) is 7.11 Å². The zero-order valence-corrected chi connectivity index (χ0v) is 10.6. The molecule has 2 heterocycles. The predicted octanol–water partition coefficient (Wildman–Crippen LogP) is 2.73. The number of ether oxygens (including phenoxy) is 1. The number of thiazole rings is 1. The van der Waals surface area contributed by atoms with Crippen molar-refractivity contribution in [2.45, 2.75) is 39.2 Å². The number of fused-ring (bicyclic) bond motifs is 3. The molecule has 16 heavy (non-hydrogen) atoms. The molecule has 2 aromatic rings. The molecule has 1 aliphatic carbocycles. The summed E-state index contributed by atoms with van der Waals surface area (Å²) in [6.45, 7) is 2.74. The van der Waals surface area contributed by atoms with E-state index in [1.54, 1.807) is 7.11 Å². The van der Waals surface area contributed by atoms with Crippen molar-refractivity contribution < 1.29 is 4.74 Å². The lowest BCUT2D eigenvalue weighted by Crippen LogP contribution is -2.05. The van der Waals surface area contributed by atoms with Crippen molar-refractivity contribution in [3.05, 3.63) is 22.0 Å². The van der Waals surface area contributed by atoms with Crippen LogP contribution in [0, 0.1) is 6.92 Å². The van der Waals surface area contributed by atoms with Gasteiger partial charge in [-0.3, -0.25) is 4.40 Å². The zero-order valence-electron chi connectivity index (χ0n) is 9.75. The molecule has 0 aliphatic heterocycles.